The van der Waals surface area contributed by atoms with E-state index in [1.807, 2.05) is 0 Å². The Morgan fingerprint density at radius 3 is 1.44 bits per heavy atom. The molecule has 0 fully saturated rings. The van der Waals surface area contributed by atoms with E-state index in [1.165, 1.54) is 0 Å². The highest BCUT2D eigenvalue weighted by molar-refractivity contribution is 6.22. The van der Waals surface area contributed by atoms with Gasteiger partial charge in [-0.1, -0.05) is 0 Å². The molecule has 0 saturated carbocycles. The van der Waals surface area contributed by atoms with Gasteiger partial charge in [-0.25, -0.2) is 0 Å². The first-order valence-corrected chi connectivity index (χ1v) is 4.00. The van der Waals surface area contributed by atoms with E-state index < -0.39 is 36.2 Å². The molecule has 0 aliphatic rings. The fourth-order valence-electron chi connectivity index (χ4n) is 0.705. The highest BCUT2D eigenvalue weighted by atomic mass is 35.5. The molecule has 98 valence electrons. The van der Waals surface area contributed by atoms with Crippen LogP contribution in [0.25, 0.3) is 0 Å². The van der Waals surface area contributed by atoms with Crippen LogP contribution in [0, 0.1) is 0 Å². The van der Waals surface area contributed by atoms with Gasteiger partial charge in [0, 0.05) is 13.0 Å². The summed E-state index contributed by atoms with van der Waals surface area (Å²) in [7, 11) is 0. The Morgan fingerprint density at radius 1 is 0.812 bits per heavy atom. The van der Waals surface area contributed by atoms with Gasteiger partial charge < -0.3 is 5.11 Å². The second-order valence-electron chi connectivity index (χ2n) is 2.82. The number of hydrogen-bond donors (Lipinski definition) is 1. The van der Waals surface area contributed by atoms with E-state index in [4.69, 9.17) is 5.11 Å². The molecular formula is C6H5ClF8O. The van der Waals surface area contributed by atoms with E-state index in [2.05, 4.69) is 11.6 Å². The van der Waals surface area contributed by atoms with Gasteiger partial charge in [0.15, 0.2) is 0 Å². The van der Waals surface area contributed by atoms with E-state index in [0.29, 0.717) is 0 Å². The maximum absolute atomic E-state index is 12.5. The molecule has 0 aromatic carbocycles. The van der Waals surface area contributed by atoms with Crippen molar-refractivity contribution in [3.8, 4) is 0 Å². The molecule has 0 aromatic rings. The van der Waals surface area contributed by atoms with Gasteiger partial charge in [-0.05, 0) is 11.6 Å². The van der Waals surface area contributed by atoms with Gasteiger partial charge in [-0.15, -0.1) is 0 Å². The third-order valence-corrected chi connectivity index (χ3v) is 1.87. The summed E-state index contributed by atoms with van der Waals surface area (Å²) >= 11 is 3.66. The molecule has 0 unspecified atom stereocenters. The summed E-state index contributed by atoms with van der Waals surface area (Å²) in [6.45, 7) is -1.58. The lowest BCUT2D eigenvalue weighted by Gasteiger charge is -2.34. The summed E-state index contributed by atoms with van der Waals surface area (Å²) < 4.78 is 98.3. The fraction of sp³-hybridized carbons (Fsp3) is 1.00. The summed E-state index contributed by atoms with van der Waals surface area (Å²) in [6.07, 6.45) is -2.09. The van der Waals surface area contributed by atoms with E-state index in [0.717, 1.165) is 0 Å². The van der Waals surface area contributed by atoms with Crippen molar-refractivity contribution in [3.05, 3.63) is 0 Å². The molecule has 10 heteroatoms. The number of hydrogen-bond acceptors (Lipinski definition) is 1. The molecule has 0 aliphatic heterocycles. The van der Waals surface area contributed by atoms with Crippen LogP contribution in [0.4, 0.5) is 35.1 Å². The van der Waals surface area contributed by atoms with Crippen LogP contribution in [-0.2, 0) is 0 Å². The smallest absolute Gasteiger partial charge is 0.392 e. The zero-order valence-electron chi connectivity index (χ0n) is 7.26. The minimum Gasteiger partial charge on any atom is -0.396 e. The molecule has 1 N–H and O–H groups in total. The van der Waals surface area contributed by atoms with Gasteiger partial charge in [0.25, 0.3) is 0 Å². The molecule has 0 saturated heterocycles. The van der Waals surface area contributed by atoms with Crippen LogP contribution in [0.5, 0.6) is 0 Å². The van der Waals surface area contributed by atoms with Gasteiger partial charge in [-0.3, -0.25) is 0 Å². The number of alkyl halides is 9. The van der Waals surface area contributed by atoms with Crippen molar-refractivity contribution < 1.29 is 40.2 Å². The maximum Gasteiger partial charge on any atom is 0.392 e. The largest absolute Gasteiger partial charge is 0.396 e. The average molecular weight is 281 g/mol. The lowest BCUT2D eigenvalue weighted by molar-refractivity contribution is -0.349. The van der Waals surface area contributed by atoms with Gasteiger partial charge >= 0.3 is 23.1 Å². The van der Waals surface area contributed by atoms with Crippen molar-refractivity contribution in [2.45, 2.75) is 29.6 Å². The Morgan fingerprint density at radius 2 is 1.19 bits per heavy atom. The van der Waals surface area contributed by atoms with E-state index in [1.54, 1.807) is 0 Å². The standard InChI is InChI=1S/C6H5ClF8O/c7-6(14,15)5(12,13)4(10,11)3(8,9)1-2-16/h16H,1-2H2. The van der Waals surface area contributed by atoms with Crippen LogP contribution in [0.15, 0.2) is 0 Å². The molecule has 0 bridgehead atoms. The second kappa shape index (κ2) is 4.17. The SMILES string of the molecule is OCCC(F)(F)C(F)(F)C(F)(F)C(F)(F)Cl. The van der Waals surface area contributed by atoms with Crippen molar-refractivity contribution >= 4 is 11.6 Å². The molecule has 0 atom stereocenters. The minimum atomic E-state index is -6.44. The summed E-state index contributed by atoms with van der Waals surface area (Å²) in [5, 5.41) is 2.12. The maximum atomic E-state index is 12.5. The van der Waals surface area contributed by atoms with Gasteiger partial charge in [0.2, 0.25) is 0 Å². The molecular weight excluding hydrogens is 276 g/mol. The van der Waals surface area contributed by atoms with Crippen LogP contribution < -0.4 is 0 Å². The van der Waals surface area contributed by atoms with E-state index >= 15 is 0 Å². The van der Waals surface area contributed by atoms with Gasteiger partial charge in [-0.2, -0.15) is 35.1 Å². The monoisotopic (exact) mass is 280 g/mol. The van der Waals surface area contributed by atoms with Crippen molar-refractivity contribution in [1.82, 2.24) is 0 Å². The number of rotatable bonds is 5. The number of aliphatic hydroxyl groups excluding tert-OH is 1. The van der Waals surface area contributed by atoms with Gasteiger partial charge in [0.05, 0.1) is 0 Å². The summed E-state index contributed by atoms with van der Waals surface area (Å²) in [5.41, 5.74) is 0. The molecule has 1 nitrogen and oxygen atoms in total. The van der Waals surface area contributed by atoms with Crippen LogP contribution in [-0.4, -0.2) is 34.9 Å². The van der Waals surface area contributed by atoms with Crippen LogP contribution in [0.3, 0.4) is 0 Å². The zero-order chi connectivity index (χ0) is 13.4. The molecule has 0 spiro atoms. The highest BCUT2D eigenvalue weighted by Gasteiger charge is 2.79. The topological polar surface area (TPSA) is 20.2 Å². The normalized spacial score (nSPS) is 15.4. The van der Waals surface area contributed by atoms with Crippen molar-refractivity contribution in [3.63, 3.8) is 0 Å². The van der Waals surface area contributed by atoms with Gasteiger partial charge in [0.1, 0.15) is 0 Å². The zero-order valence-corrected chi connectivity index (χ0v) is 8.02. The summed E-state index contributed by atoms with van der Waals surface area (Å²) in [5.74, 6) is -18.3. The first-order valence-electron chi connectivity index (χ1n) is 3.62. The lowest BCUT2D eigenvalue weighted by Crippen LogP contribution is -2.60. The first kappa shape index (κ1) is 15.7. The quantitative estimate of drug-likeness (QED) is 0.606. The predicted molar refractivity (Wildman–Crippen MR) is 37.3 cm³/mol. The summed E-state index contributed by atoms with van der Waals surface area (Å²) in [6, 6.07) is 0. The Balaban J connectivity index is 5.34. The average Bonchev–Trinajstić information content (AvgIpc) is 2.01. The van der Waals surface area contributed by atoms with Crippen molar-refractivity contribution in [2.24, 2.45) is 0 Å². The van der Waals surface area contributed by atoms with Crippen LogP contribution >= 0.6 is 11.6 Å². The molecule has 0 aliphatic carbocycles. The first-order chi connectivity index (χ1) is 6.81. The molecule has 0 radical (unpaired) electrons. The third-order valence-electron chi connectivity index (χ3n) is 1.64. The molecule has 0 heterocycles. The Labute approximate surface area is 89.0 Å². The fourth-order valence-corrected chi connectivity index (χ4v) is 0.824. The minimum absolute atomic E-state index is 1.58. The highest BCUT2D eigenvalue weighted by Crippen LogP contribution is 2.54. The Bertz CT molecular complexity index is 247. The summed E-state index contributed by atoms with van der Waals surface area (Å²) in [4.78, 5) is 0. The van der Waals surface area contributed by atoms with Crippen LogP contribution in [0.1, 0.15) is 6.42 Å². The van der Waals surface area contributed by atoms with Crippen LogP contribution in [0.2, 0.25) is 0 Å². The molecule has 0 aromatic heterocycles. The number of aliphatic hydroxyl groups is 1. The van der Waals surface area contributed by atoms with Crippen molar-refractivity contribution in [1.29, 1.82) is 0 Å². The van der Waals surface area contributed by atoms with Crippen molar-refractivity contribution in [2.75, 3.05) is 6.61 Å². The Hall–Kier alpha value is -0.310. The van der Waals surface area contributed by atoms with E-state index in [-0.39, 0.29) is 0 Å². The van der Waals surface area contributed by atoms with E-state index in [9.17, 15) is 35.1 Å². The second-order valence-corrected chi connectivity index (χ2v) is 3.30. The number of halogens is 9. The molecule has 16 heavy (non-hydrogen) atoms. The lowest BCUT2D eigenvalue weighted by atomic mass is 10.0. The molecule has 0 rings (SSSR count). The third kappa shape index (κ3) is 2.34. The Kier molecular flexibility index (Phi) is 4.09. The predicted octanol–water partition coefficient (Wildman–Crippen LogP) is 3.11. The molecule has 0 amide bonds.